The van der Waals surface area contributed by atoms with Crippen molar-refractivity contribution in [3.05, 3.63) is 42.0 Å². The molecule has 1 atom stereocenters. The van der Waals surface area contributed by atoms with E-state index in [2.05, 4.69) is 9.97 Å². The molecule has 0 aliphatic rings. The second-order valence-corrected chi connectivity index (χ2v) is 6.81. The van der Waals surface area contributed by atoms with Crippen molar-refractivity contribution in [3.8, 4) is 11.3 Å². The molecule has 2 aromatic heterocycles. The van der Waals surface area contributed by atoms with Crippen LogP contribution < -0.4 is 5.73 Å². The van der Waals surface area contributed by atoms with E-state index in [4.69, 9.17) is 14.9 Å². The Balaban J connectivity index is 2.19. The molecule has 3 rings (SSSR count). The highest BCUT2D eigenvalue weighted by Gasteiger charge is 2.31. The number of carbonyl (C=O) groups excluding carboxylic acids is 1. The van der Waals surface area contributed by atoms with Gasteiger partial charge in [0.2, 0.25) is 5.89 Å². The third-order valence-electron chi connectivity index (χ3n) is 4.06. The number of aromatic amines is 1. The molecule has 0 aliphatic heterocycles. The van der Waals surface area contributed by atoms with Gasteiger partial charge in [0, 0.05) is 22.7 Å². The molecule has 6 heteroatoms. The molecule has 2 heterocycles. The second-order valence-electron chi connectivity index (χ2n) is 6.81. The van der Waals surface area contributed by atoms with E-state index >= 15 is 0 Å². The van der Waals surface area contributed by atoms with Gasteiger partial charge in [-0.3, -0.25) is 0 Å². The van der Waals surface area contributed by atoms with Gasteiger partial charge in [-0.2, -0.15) is 0 Å². The first-order valence-corrected chi connectivity index (χ1v) is 7.74. The number of nitrogens with one attached hydrogen (secondary N) is 1. The van der Waals surface area contributed by atoms with Gasteiger partial charge in [-0.25, -0.2) is 9.78 Å². The van der Waals surface area contributed by atoms with Crippen molar-refractivity contribution in [1.29, 1.82) is 0 Å². The number of nitrogens with two attached hydrogens (primary N) is 1. The van der Waals surface area contributed by atoms with Crippen LogP contribution in [-0.4, -0.2) is 23.0 Å². The molecule has 6 nitrogen and oxygen atoms in total. The summed E-state index contributed by atoms with van der Waals surface area (Å²) in [6.07, 6.45) is 1.80. The number of methoxy groups -OCH3 is 1. The standard InChI is InChI=1S/C18H21N3O3/c1-18(2,3)15(19)16-21-13(17(22)23-4)14(24-16)11-9-20-12-8-6-5-7-10(11)12/h5-9,15,20H,19H2,1-4H3/t15-/m1/s1. The van der Waals surface area contributed by atoms with E-state index < -0.39 is 12.0 Å². The lowest BCUT2D eigenvalue weighted by Gasteiger charge is -2.23. The smallest absolute Gasteiger partial charge is 0.360 e. The van der Waals surface area contributed by atoms with Crippen LogP contribution in [0.5, 0.6) is 0 Å². The molecule has 0 fully saturated rings. The molecule has 0 spiro atoms. The zero-order valence-corrected chi connectivity index (χ0v) is 14.2. The number of hydrogen-bond donors (Lipinski definition) is 2. The van der Waals surface area contributed by atoms with Gasteiger partial charge in [-0.15, -0.1) is 0 Å². The number of carbonyl (C=O) groups is 1. The number of esters is 1. The van der Waals surface area contributed by atoms with Gasteiger partial charge in [0.15, 0.2) is 11.5 Å². The minimum absolute atomic E-state index is 0.136. The molecular weight excluding hydrogens is 306 g/mol. The van der Waals surface area contributed by atoms with Gasteiger partial charge < -0.3 is 19.9 Å². The maximum Gasteiger partial charge on any atom is 0.360 e. The molecule has 0 radical (unpaired) electrons. The topological polar surface area (TPSA) is 94.1 Å². The molecule has 126 valence electrons. The van der Waals surface area contributed by atoms with Gasteiger partial charge in [-0.05, 0) is 11.5 Å². The largest absolute Gasteiger partial charge is 0.464 e. The van der Waals surface area contributed by atoms with Crippen molar-refractivity contribution in [2.45, 2.75) is 26.8 Å². The molecule has 0 saturated heterocycles. The number of rotatable bonds is 3. The number of benzene rings is 1. The number of fused-ring (bicyclic) bond motifs is 1. The molecule has 0 unspecified atom stereocenters. The average molecular weight is 327 g/mol. The molecule has 3 N–H and O–H groups in total. The summed E-state index contributed by atoms with van der Waals surface area (Å²) in [4.78, 5) is 19.7. The van der Waals surface area contributed by atoms with Crippen molar-refractivity contribution in [3.63, 3.8) is 0 Å². The first-order chi connectivity index (χ1) is 11.3. The van der Waals surface area contributed by atoms with Crippen LogP contribution in [0.2, 0.25) is 0 Å². The SMILES string of the molecule is COC(=O)c1nc([C@@H](N)C(C)(C)C)oc1-c1c[nH]c2ccccc12. The van der Waals surface area contributed by atoms with Gasteiger partial charge >= 0.3 is 5.97 Å². The fraction of sp³-hybridized carbons (Fsp3) is 0.333. The lowest BCUT2D eigenvalue weighted by Crippen LogP contribution is -2.26. The zero-order chi connectivity index (χ0) is 17.5. The summed E-state index contributed by atoms with van der Waals surface area (Å²) in [6.45, 7) is 5.97. The first kappa shape index (κ1) is 16.3. The number of nitrogens with zero attached hydrogens (tertiary/aromatic N) is 1. The third kappa shape index (κ3) is 2.69. The quantitative estimate of drug-likeness (QED) is 0.716. The monoisotopic (exact) mass is 327 g/mol. The predicted octanol–water partition coefficient (Wildman–Crippen LogP) is 3.66. The van der Waals surface area contributed by atoms with Crippen LogP contribution in [0.15, 0.2) is 34.9 Å². The Hall–Kier alpha value is -2.60. The maximum atomic E-state index is 12.2. The number of para-hydroxylation sites is 1. The Morgan fingerprint density at radius 3 is 2.71 bits per heavy atom. The zero-order valence-electron chi connectivity index (χ0n) is 14.2. The molecule has 24 heavy (non-hydrogen) atoms. The molecule has 0 bridgehead atoms. The van der Waals surface area contributed by atoms with E-state index in [0.717, 1.165) is 16.5 Å². The Morgan fingerprint density at radius 1 is 1.33 bits per heavy atom. The van der Waals surface area contributed by atoms with Crippen molar-refractivity contribution < 1.29 is 13.9 Å². The predicted molar refractivity (Wildman–Crippen MR) is 91.5 cm³/mol. The summed E-state index contributed by atoms with van der Waals surface area (Å²) >= 11 is 0. The molecule has 1 aromatic carbocycles. The Kier molecular flexibility index (Phi) is 3.93. The Bertz CT molecular complexity index is 886. The van der Waals surface area contributed by atoms with E-state index in [1.54, 1.807) is 6.20 Å². The summed E-state index contributed by atoms with van der Waals surface area (Å²) in [5.74, 6) is 0.142. The van der Waals surface area contributed by atoms with Gasteiger partial charge in [0.25, 0.3) is 0 Å². The lowest BCUT2D eigenvalue weighted by atomic mass is 9.87. The maximum absolute atomic E-state index is 12.2. The highest BCUT2D eigenvalue weighted by atomic mass is 16.5. The van der Waals surface area contributed by atoms with E-state index in [-0.39, 0.29) is 11.1 Å². The minimum Gasteiger partial charge on any atom is -0.464 e. The minimum atomic E-state index is -0.550. The molecular formula is C18H21N3O3. The van der Waals surface area contributed by atoms with Crippen LogP contribution in [-0.2, 0) is 4.74 Å². The van der Waals surface area contributed by atoms with Crippen molar-refractivity contribution in [2.75, 3.05) is 7.11 Å². The van der Waals surface area contributed by atoms with E-state index in [1.807, 2.05) is 45.0 Å². The van der Waals surface area contributed by atoms with Crippen LogP contribution in [0.25, 0.3) is 22.2 Å². The van der Waals surface area contributed by atoms with Crippen molar-refractivity contribution in [1.82, 2.24) is 9.97 Å². The van der Waals surface area contributed by atoms with E-state index in [1.165, 1.54) is 7.11 Å². The summed E-state index contributed by atoms with van der Waals surface area (Å²) in [5.41, 5.74) is 7.83. The number of hydrogen-bond acceptors (Lipinski definition) is 5. The molecule has 3 aromatic rings. The fourth-order valence-electron chi connectivity index (χ4n) is 2.52. The second kappa shape index (κ2) is 5.79. The van der Waals surface area contributed by atoms with Crippen LogP contribution in [0.1, 0.15) is 43.2 Å². The Labute approximate surface area is 140 Å². The summed E-state index contributed by atoms with van der Waals surface area (Å²) in [5, 5.41) is 0.940. The van der Waals surface area contributed by atoms with Gasteiger partial charge in [0.1, 0.15) is 0 Å². The van der Waals surface area contributed by atoms with Crippen LogP contribution >= 0.6 is 0 Å². The highest BCUT2D eigenvalue weighted by Crippen LogP contribution is 2.36. The van der Waals surface area contributed by atoms with Gasteiger partial charge in [0.05, 0.1) is 13.2 Å². The van der Waals surface area contributed by atoms with Crippen molar-refractivity contribution in [2.24, 2.45) is 11.1 Å². The molecule has 0 amide bonds. The van der Waals surface area contributed by atoms with Crippen LogP contribution in [0, 0.1) is 5.41 Å². The average Bonchev–Trinajstić information content (AvgIpc) is 3.16. The Morgan fingerprint density at radius 2 is 2.04 bits per heavy atom. The normalized spacial score (nSPS) is 13.2. The summed E-state index contributed by atoms with van der Waals surface area (Å²) in [7, 11) is 1.32. The number of H-pyrrole nitrogens is 1. The summed E-state index contributed by atoms with van der Waals surface area (Å²) < 4.78 is 10.8. The number of aromatic nitrogens is 2. The lowest BCUT2D eigenvalue weighted by molar-refractivity contribution is 0.0595. The summed E-state index contributed by atoms with van der Waals surface area (Å²) in [6, 6.07) is 7.32. The van der Waals surface area contributed by atoms with Crippen LogP contribution in [0.4, 0.5) is 0 Å². The van der Waals surface area contributed by atoms with Crippen molar-refractivity contribution >= 4 is 16.9 Å². The van der Waals surface area contributed by atoms with E-state index in [9.17, 15) is 4.79 Å². The number of oxazole rings is 1. The fourth-order valence-corrected chi connectivity index (χ4v) is 2.52. The van der Waals surface area contributed by atoms with Gasteiger partial charge in [-0.1, -0.05) is 39.0 Å². The first-order valence-electron chi connectivity index (χ1n) is 7.74. The molecule has 0 saturated carbocycles. The highest BCUT2D eigenvalue weighted by molar-refractivity contribution is 6.00. The molecule has 0 aliphatic carbocycles. The van der Waals surface area contributed by atoms with E-state index in [0.29, 0.717) is 11.7 Å². The third-order valence-corrected chi connectivity index (χ3v) is 4.06. The van der Waals surface area contributed by atoms with Crippen LogP contribution in [0.3, 0.4) is 0 Å². The number of ether oxygens (including phenoxy) is 1.